The molecule has 1 aliphatic heterocycles. The molecule has 0 aromatic carbocycles. The van der Waals surface area contributed by atoms with Gasteiger partial charge in [-0.15, -0.1) is 0 Å². The fraction of sp³-hybridized carbons (Fsp3) is 0.300. The van der Waals surface area contributed by atoms with Gasteiger partial charge in [0, 0.05) is 24.0 Å². The predicted molar refractivity (Wildman–Crippen MR) is 57.6 cm³/mol. The molecule has 76 valence electrons. The monoisotopic (exact) mass is 212 g/mol. The second-order valence-corrected chi connectivity index (χ2v) is 3.48. The van der Waals surface area contributed by atoms with Gasteiger partial charge in [-0.1, -0.05) is 18.2 Å². The van der Waals surface area contributed by atoms with Gasteiger partial charge in [-0.05, 0) is 19.4 Å². The highest BCUT2D eigenvalue weighted by atomic mass is 35.5. The first-order valence-electron chi connectivity index (χ1n) is 4.28. The summed E-state index contributed by atoms with van der Waals surface area (Å²) in [6.07, 6.45) is 1.88. The van der Waals surface area contributed by atoms with Gasteiger partial charge in [0.2, 0.25) is 0 Å². The normalized spacial score (nSPS) is 22.2. The van der Waals surface area contributed by atoms with Crippen molar-refractivity contribution in [3.8, 4) is 0 Å². The number of halogens is 1. The maximum Gasteiger partial charge on any atom is 0.253 e. The minimum Gasteiger partial charge on any atom is -0.348 e. The topological polar surface area (TPSA) is 41.1 Å². The highest BCUT2D eigenvalue weighted by Crippen LogP contribution is 2.20. The summed E-state index contributed by atoms with van der Waals surface area (Å²) in [6, 6.07) is 0. The van der Waals surface area contributed by atoms with Crippen LogP contribution in [0, 0.1) is 0 Å². The van der Waals surface area contributed by atoms with Gasteiger partial charge in [0.05, 0.1) is 5.57 Å². The molecule has 0 atom stereocenters. The molecule has 3 nitrogen and oxygen atoms in total. The zero-order chi connectivity index (χ0) is 10.7. The van der Waals surface area contributed by atoms with Gasteiger partial charge in [-0.2, -0.15) is 0 Å². The van der Waals surface area contributed by atoms with E-state index in [9.17, 15) is 4.79 Å². The van der Waals surface area contributed by atoms with E-state index < -0.39 is 0 Å². The molecule has 0 saturated carbocycles. The van der Waals surface area contributed by atoms with Crippen molar-refractivity contribution < 1.29 is 4.79 Å². The number of carbonyl (C=O) groups excluding carboxylic acids is 1. The minimum atomic E-state index is -0.0943. The summed E-state index contributed by atoms with van der Waals surface area (Å²) in [5.41, 5.74) is 3.11. The molecular weight excluding hydrogens is 200 g/mol. The lowest BCUT2D eigenvalue weighted by molar-refractivity contribution is -0.116. The van der Waals surface area contributed by atoms with Gasteiger partial charge in [0.25, 0.3) is 5.91 Å². The van der Waals surface area contributed by atoms with Crippen molar-refractivity contribution in [2.45, 2.75) is 13.8 Å². The van der Waals surface area contributed by atoms with Gasteiger partial charge >= 0.3 is 0 Å². The molecule has 0 aromatic rings. The Morgan fingerprint density at radius 2 is 2.29 bits per heavy atom. The quantitative estimate of drug-likeness (QED) is 0.540. The summed E-state index contributed by atoms with van der Waals surface area (Å²) in [7, 11) is 0. The van der Waals surface area contributed by atoms with Gasteiger partial charge in [-0.25, -0.2) is 0 Å². The lowest BCUT2D eigenvalue weighted by Gasteiger charge is -2.02. The Labute approximate surface area is 88.6 Å². The summed E-state index contributed by atoms with van der Waals surface area (Å²) >= 11 is 5.46. The fourth-order valence-corrected chi connectivity index (χ4v) is 1.47. The average molecular weight is 213 g/mol. The molecule has 1 rings (SSSR count). The lowest BCUT2D eigenvalue weighted by Crippen LogP contribution is -2.16. The van der Waals surface area contributed by atoms with E-state index in [4.69, 9.17) is 11.8 Å². The van der Waals surface area contributed by atoms with Crippen molar-refractivity contribution in [2.75, 3.05) is 6.54 Å². The van der Waals surface area contributed by atoms with Crippen molar-refractivity contribution in [1.29, 1.82) is 0 Å². The fourth-order valence-electron chi connectivity index (χ4n) is 1.38. The number of rotatable bonds is 2. The van der Waals surface area contributed by atoms with Crippen LogP contribution in [0.5, 0.6) is 0 Å². The third kappa shape index (κ3) is 2.17. The Hall–Kier alpha value is -1.22. The van der Waals surface area contributed by atoms with Crippen LogP contribution in [0.3, 0.4) is 0 Å². The average Bonchev–Trinajstić information content (AvgIpc) is 2.45. The maximum atomic E-state index is 11.4. The summed E-state index contributed by atoms with van der Waals surface area (Å²) in [5, 5.41) is 2.74. The maximum absolute atomic E-state index is 11.4. The molecule has 0 radical (unpaired) electrons. The van der Waals surface area contributed by atoms with Crippen LogP contribution in [0.2, 0.25) is 0 Å². The second-order valence-electron chi connectivity index (χ2n) is 3.29. The molecule has 1 saturated heterocycles. The Morgan fingerprint density at radius 3 is 2.79 bits per heavy atom. The van der Waals surface area contributed by atoms with Crippen LogP contribution in [-0.2, 0) is 4.79 Å². The Morgan fingerprint density at radius 1 is 1.64 bits per heavy atom. The van der Waals surface area contributed by atoms with Crippen LogP contribution in [0.4, 0.5) is 0 Å². The van der Waals surface area contributed by atoms with Crippen LogP contribution >= 0.6 is 11.8 Å². The van der Waals surface area contributed by atoms with E-state index in [0.29, 0.717) is 17.8 Å². The molecule has 0 bridgehead atoms. The summed E-state index contributed by atoms with van der Waals surface area (Å²) in [6.45, 7) is 7.96. The summed E-state index contributed by atoms with van der Waals surface area (Å²) in [4.78, 5) is 13.9. The smallest absolute Gasteiger partial charge is 0.253 e. The van der Waals surface area contributed by atoms with Gasteiger partial charge < -0.3 is 10.2 Å². The first-order valence-corrected chi connectivity index (χ1v) is 4.66. The third-order valence-electron chi connectivity index (χ3n) is 1.92. The Kier molecular flexibility index (Phi) is 3.36. The van der Waals surface area contributed by atoms with Crippen LogP contribution in [0.1, 0.15) is 13.8 Å². The first kappa shape index (κ1) is 10.9. The first-order chi connectivity index (χ1) is 6.56. The van der Waals surface area contributed by atoms with Crippen molar-refractivity contribution in [2.24, 2.45) is 0 Å². The molecule has 4 heteroatoms. The number of allylic oxidation sites excluding steroid dienone is 3. The molecule has 1 fully saturated rings. The number of hydrogen-bond donors (Lipinski definition) is 2. The van der Waals surface area contributed by atoms with Crippen molar-refractivity contribution >= 4 is 17.7 Å². The van der Waals surface area contributed by atoms with Gasteiger partial charge in [0.1, 0.15) is 0 Å². The van der Waals surface area contributed by atoms with E-state index in [-0.39, 0.29) is 5.91 Å². The molecule has 1 amide bonds. The van der Waals surface area contributed by atoms with E-state index in [1.165, 1.54) is 0 Å². The molecule has 0 aromatic heterocycles. The number of carbonyl (C=O) groups is 1. The molecule has 0 spiro atoms. The van der Waals surface area contributed by atoms with Gasteiger partial charge in [0.15, 0.2) is 0 Å². The molecule has 1 aliphatic rings. The highest BCUT2D eigenvalue weighted by molar-refractivity contribution is 6.15. The molecule has 14 heavy (non-hydrogen) atoms. The second kappa shape index (κ2) is 4.33. The standard InChI is InChI=1S/C10H13ClN2O/c1-6(2)4-8-5-12-10(14)9(8)7(3)13-11/h4,13H,1,5H2,2-3H3,(H,12,14)/b8-4-,9-7-. The molecule has 1 heterocycles. The molecule has 2 N–H and O–H groups in total. The SMILES string of the molecule is C=C(C)/C=C1/CNC(=O)/C1=C(/C)NCl. The summed E-state index contributed by atoms with van der Waals surface area (Å²) < 4.78 is 0. The van der Waals surface area contributed by atoms with Crippen molar-refractivity contribution in [3.63, 3.8) is 0 Å². The molecule has 0 aliphatic carbocycles. The van der Waals surface area contributed by atoms with Crippen LogP contribution in [0.15, 0.2) is 35.1 Å². The van der Waals surface area contributed by atoms with E-state index in [1.54, 1.807) is 6.92 Å². The Balaban J connectivity index is 3.12. The van der Waals surface area contributed by atoms with E-state index in [0.717, 1.165) is 11.1 Å². The van der Waals surface area contributed by atoms with Gasteiger partial charge in [-0.3, -0.25) is 4.79 Å². The van der Waals surface area contributed by atoms with Crippen molar-refractivity contribution in [3.05, 3.63) is 35.1 Å². The lowest BCUT2D eigenvalue weighted by atomic mass is 10.1. The Bertz CT molecular complexity index is 342. The zero-order valence-electron chi connectivity index (χ0n) is 8.28. The molecule has 0 unspecified atom stereocenters. The van der Waals surface area contributed by atoms with E-state index >= 15 is 0 Å². The predicted octanol–water partition coefficient (Wildman–Crippen LogP) is 1.64. The number of nitrogens with one attached hydrogen (secondary N) is 2. The zero-order valence-corrected chi connectivity index (χ0v) is 9.03. The van der Waals surface area contributed by atoms with E-state index in [2.05, 4.69) is 16.7 Å². The largest absolute Gasteiger partial charge is 0.348 e. The van der Waals surface area contributed by atoms with Crippen molar-refractivity contribution in [1.82, 2.24) is 10.2 Å². The third-order valence-corrected chi connectivity index (χ3v) is 2.21. The molecular formula is C10H13ClN2O. The van der Waals surface area contributed by atoms with Crippen LogP contribution in [0.25, 0.3) is 0 Å². The van der Waals surface area contributed by atoms with E-state index in [1.807, 2.05) is 13.0 Å². The highest BCUT2D eigenvalue weighted by Gasteiger charge is 2.24. The minimum absolute atomic E-state index is 0.0943. The summed E-state index contributed by atoms with van der Waals surface area (Å²) in [5.74, 6) is -0.0943. The van der Waals surface area contributed by atoms with Crippen LogP contribution in [-0.4, -0.2) is 12.5 Å². The number of hydrogen-bond acceptors (Lipinski definition) is 2. The number of amides is 1. The van der Waals surface area contributed by atoms with Crippen LogP contribution < -0.4 is 10.2 Å².